The molecular formula is C93H104Br4F11N17O10S. The third-order valence-corrected chi connectivity index (χ3v) is 25.3. The Morgan fingerprint density at radius 1 is 0.515 bits per heavy atom. The first-order chi connectivity index (χ1) is 64.0. The summed E-state index contributed by atoms with van der Waals surface area (Å²) in [5.74, 6) is -1.12. The van der Waals surface area contributed by atoms with Crippen molar-refractivity contribution in [3.05, 3.63) is 256 Å². The summed E-state index contributed by atoms with van der Waals surface area (Å²) in [7, 11) is -3.52. The number of esters is 1. The summed E-state index contributed by atoms with van der Waals surface area (Å²) < 4.78 is 181. The number of nitrogens with zero attached hydrogens (tertiary/aromatic N) is 15. The second kappa shape index (κ2) is 48.4. The van der Waals surface area contributed by atoms with E-state index in [4.69, 9.17) is 10.8 Å². The van der Waals surface area contributed by atoms with Crippen LogP contribution in [0.1, 0.15) is 199 Å². The number of Topliss-reactive ketones (excluding diaryl/α,β-unsaturated/α-hetero) is 2. The van der Waals surface area contributed by atoms with E-state index in [0.717, 1.165) is 99.4 Å². The Hall–Kier alpha value is -10.9. The number of amides is 2. The Kier molecular flexibility index (Phi) is 38.7. The second-order valence-corrected chi connectivity index (χ2v) is 39.2. The third-order valence-electron chi connectivity index (χ3n) is 21.1. The number of ether oxygens (including phenoxy) is 1. The molecule has 2 amide bonds. The fourth-order valence-corrected chi connectivity index (χ4v) is 16.6. The van der Waals surface area contributed by atoms with E-state index in [1.54, 1.807) is 125 Å². The van der Waals surface area contributed by atoms with Crippen molar-refractivity contribution in [3.8, 4) is 28.4 Å². The Morgan fingerprint density at radius 2 is 0.875 bits per heavy atom. The van der Waals surface area contributed by atoms with Crippen LogP contribution in [0, 0.1) is 42.9 Å². The number of carbonyl (C=O) groups is 5. The van der Waals surface area contributed by atoms with E-state index < -0.39 is 44.7 Å². The zero-order valence-electron chi connectivity index (χ0n) is 76.3. The number of rotatable bonds is 25. The number of benzene rings is 5. The quantitative estimate of drug-likeness (QED) is 0.0207. The van der Waals surface area contributed by atoms with E-state index >= 15 is 0 Å². The number of aromatic nitrogens is 14. The van der Waals surface area contributed by atoms with Gasteiger partial charge >= 0.3 is 18.3 Å². The topological polar surface area (TPSA) is 326 Å². The van der Waals surface area contributed by atoms with Gasteiger partial charge in [-0.2, -0.15) is 65.4 Å². The Bertz CT molecular complexity index is 6120. The van der Waals surface area contributed by atoms with Crippen molar-refractivity contribution in [2.24, 2.45) is 0 Å². The van der Waals surface area contributed by atoms with Crippen molar-refractivity contribution in [2.45, 2.75) is 195 Å². The number of nitrogens with one attached hydrogen (secondary N) is 1. The van der Waals surface area contributed by atoms with Crippen LogP contribution in [0.5, 0.6) is 0 Å². The number of ketones is 2. The second-order valence-electron chi connectivity index (χ2n) is 33.2. The van der Waals surface area contributed by atoms with Gasteiger partial charge in [0.15, 0.2) is 23.0 Å². The standard InChI is InChI=1S/C21H21F4N5O.C18H22BrFN2O4S.C17H20BrFN2O2.C16H17BrFN3O.C12H14FN3.C5H5F3N2.C4H5BrO2/c1-12(2)19-17(10-26-30(19)15-6-4-14(22)5-7-15)28-9-8-16(20(28)31)29-11-18(21(23,24)25)27-13(29)3;1-12(2)18-13(10-17(23)16(19)8-9-26-27(3,24)25)11-21-22(18)15-6-4-14(20)5-7-15;1-11(2)17-12(9-16(23)15(18)7-8-22)10-20-21(17)14-5-3-13(19)4-6-14;1-10(2)15-14(20-8-7-13(17)16(20)22)9-19-21(15)12-5-3-11(18)4-6-12;1-8(2)12-11(14)7-15-16(12)10-5-3-9(13)4-6-10;1-3-2-4(10-9-3)5(6,7)8;5-3-1-2-7-4(3)6/h4-7,10-12,16H,8-9H2,1-3H3;4-7,11-12,16H,8-10H2,1-3H3;3-6,10-11,15,22H,7-9H2,1-2H3;3-6,9-10,13H,7-8H2,1-2H3;3-8H,14H2,1-2H3;2H,1H3,(H,9,10);3H,1-2H2. The number of aromatic amines is 1. The number of nitrogen functional groups attached to an aromatic ring is 1. The maximum absolute atomic E-state index is 13.3. The van der Waals surface area contributed by atoms with Crippen molar-refractivity contribution < 1.29 is 94.7 Å². The average Bonchev–Trinajstić information content (AvgIpc) is 1.61. The van der Waals surface area contributed by atoms with Crippen molar-refractivity contribution in [1.82, 2.24) is 68.7 Å². The van der Waals surface area contributed by atoms with Gasteiger partial charge in [0, 0.05) is 62.0 Å². The first kappa shape index (κ1) is 109. The predicted octanol–water partition coefficient (Wildman–Crippen LogP) is 20.2. The highest BCUT2D eigenvalue weighted by Crippen LogP contribution is 2.40. The minimum atomic E-state index is -4.57. The minimum absolute atomic E-state index is 0.0128. The number of H-pyrrole nitrogens is 1. The fourth-order valence-electron chi connectivity index (χ4n) is 14.7. The van der Waals surface area contributed by atoms with Crippen LogP contribution >= 0.6 is 63.7 Å². The lowest BCUT2D eigenvalue weighted by Gasteiger charge is -2.20. The molecule has 0 aliphatic carbocycles. The highest BCUT2D eigenvalue weighted by atomic mass is 79.9. The van der Waals surface area contributed by atoms with Crippen LogP contribution in [0.2, 0.25) is 0 Å². The van der Waals surface area contributed by atoms with Gasteiger partial charge in [0.2, 0.25) is 11.8 Å². The monoisotopic (exact) mass is 2180 g/mol. The first-order valence-electron chi connectivity index (χ1n) is 43.0. The number of hydrogen-bond acceptors (Lipinski definition) is 18. The molecular weight excluding hydrogens is 2080 g/mol. The summed E-state index contributed by atoms with van der Waals surface area (Å²) in [6, 6.07) is 30.6. The number of hydrogen-bond donors (Lipinski definition) is 3. The predicted molar refractivity (Wildman–Crippen MR) is 507 cm³/mol. The number of alkyl halides is 10. The van der Waals surface area contributed by atoms with Crippen LogP contribution in [-0.4, -0.2) is 170 Å². The van der Waals surface area contributed by atoms with Crippen LogP contribution in [0.4, 0.5) is 65.4 Å². The number of halogens is 15. The SMILES string of the molecule is CC(C)c1c(CC(=O)C(Br)CCO)cnn1-c1ccc(F)cc1.CC(C)c1c(CC(=O)C(Br)CCOS(C)(=O)=O)cnn1-c1ccc(F)cc1.CC(C)c1c(N)cnn1-c1ccc(F)cc1.CC(C)c1c(N2CCC(Br)C2=O)cnn1-c1ccc(F)cc1.Cc1cc(C(F)(F)F)n[nH]1.Cc1nc(C(F)(F)F)cn1C1CCN(c2cnn(-c3ccc(F)cc3)c2C(C)C)C1=O.O=C1OCCC1Br. The number of aliphatic hydroxyl groups is 1. The summed E-state index contributed by atoms with van der Waals surface area (Å²) in [6.45, 7) is 24.7. The fraction of sp³-hybridized carbons (Fsp3) is 0.398. The van der Waals surface area contributed by atoms with Crippen LogP contribution in [-0.2, 0) is 68.2 Å². The lowest BCUT2D eigenvalue weighted by Crippen LogP contribution is -2.29. The summed E-state index contributed by atoms with van der Waals surface area (Å²) in [4.78, 5) is 66.4. The summed E-state index contributed by atoms with van der Waals surface area (Å²) in [5, 5.41) is 36.0. The summed E-state index contributed by atoms with van der Waals surface area (Å²) in [5.41, 5.74) is 16.4. The Labute approximate surface area is 812 Å². The van der Waals surface area contributed by atoms with Gasteiger partial charge in [0.1, 0.15) is 45.8 Å². The van der Waals surface area contributed by atoms with Gasteiger partial charge in [0.05, 0.1) is 139 Å². The van der Waals surface area contributed by atoms with Crippen molar-refractivity contribution in [3.63, 3.8) is 0 Å². The molecule has 5 aromatic carbocycles. The highest BCUT2D eigenvalue weighted by molar-refractivity contribution is 9.10. The molecule has 5 atom stereocenters. The molecule has 43 heteroatoms. The number of imidazole rings is 1. The van der Waals surface area contributed by atoms with E-state index in [1.807, 2.05) is 55.4 Å². The van der Waals surface area contributed by atoms with Gasteiger partial charge in [-0.25, -0.2) is 50.3 Å². The molecule has 10 heterocycles. The molecule has 3 aliphatic heterocycles. The van der Waals surface area contributed by atoms with E-state index in [2.05, 4.69) is 127 Å². The van der Waals surface area contributed by atoms with Crippen LogP contribution in [0.25, 0.3) is 28.4 Å². The maximum atomic E-state index is 13.3. The van der Waals surface area contributed by atoms with Crippen molar-refractivity contribution in [1.29, 1.82) is 0 Å². The molecule has 15 rings (SSSR count). The van der Waals surface area contributed by atoms with E-state index in [-0.39, 0.29) is 141 Å². The minimum Gasteiger partial charge on any atom is -0.465 e. The molecule has 732 valence electrons. The lowest BCUT2D eigenvalue weighted by molar-refractivity contribution is -0.141. The summed E-state index contributed by atoms with van der Waals surface area (Å²) in [6.07, 6.45) is 4.22. The molecule has 0 radical (unpaired) electrons. The van der Waals surface area contributed by atoms with Crippen LogP contribution in [0.3, 0.4) is 0 Å². The molecule has 3 saturated heterocycles. The highest BCUT2D eigenvalue weighted by Gasteiger charge is 2.42. The molecule has 4 N–H and O–H groups in total. The molecule has 3 aliphatic rings. The molecule has 0 spiro atoms. The zero-order chi connectivity index (χ0) is 100. The maximum Gasteiger partial charge on any atom is 0.435 e. The van der Waals surface area contributed by atoms with E-state index in [1.165, 1.54) is 79.1 Å². The van der Waals surface area contributed by atoms with Crippen molar-refractivity contribution >= 4 is 120 Å². The van der Waals surface area contributed by atoms with Gasteiger partial charge in [-0.1, -0.05) is 133 Å². The smallest absolute Gasteiger partial charge is 0.435 e. The molecule has 0 bridgehead atoms. The third kappa shape index (κ3) is 29.1. The average molecular weight is 2180 g/mol. The number of cyclic esters (lactones) is 1. The van der Waals surface area contributed by atoms with Gasteiger partial charge in [-0.15, -0.1) is 0 Å². The first-order valence-corrected chi connectivity index (χ1v) is 48.5. The molecule has 27 nitrogen and oxygen atoms in total. The number of aryl methyl sites for hydroxylation is 2. The number of aliphatic hydroxyl groups excluding tert-OH is 1. The van der Waals surface area contributed by atoms with Gasteiger partial charge in [-0.3, -0.25) is 33.3 Å². The molecule has 12 aromatic rings. The number of carbonyl (C=O) groups excluding carboxylic acids is 5. The number of anilines is 3. The van der Waals surface area contributed by atoms with E-state index in [9.17, 15) is 80.7 Å². The zero-order valence-corrected chi connectivity index (χ0v) is 83.5. The van der Waals surface area contributed by atoms with Gasteiger partial charge in [0.25, 0.3) is 10.1 Å². The largest absolute Gasteiger partial charge is 0.465 e. The molecule has 0 saturated carbocycles. The normalized spacial score (nSPS) is 15.4. The van der Waals surface area contributed by atoms with Gasteiger partial charge in [-0.05, 0) is 197 Å². The Morgan fingerprint density at radius 3 is 1.18 bits per heavy atom. The van der Waals surface area contributed by atoms with Crippen LogP contribution in [0.15, 0.2) is 165 Å². The molecule has 5 unspecified atom stereocenters. The molecule has 7 aromatic heterocycles. The van der Waals surface area contributed by atoms with Crippen molar-refractivity contribution in [2.75, 3.05) is 54.7 Å². The van der Waals surface area contributed by atoms with Gasteiger partial charge < -0.3 is 29.9 Å². The Balaban J connectivity index is 0.000000184. The van der Waals surface area contributed by atoms with E-state index in [0.29, 0.717) is 55.3 Å². The lowest BCUT2D eigenvalue weighted by atomic mass is 10.00. The van der Waals surface area contributed by atoms with Crippen LogP contribution < -0.4 is 15.5 Å². The number of nitrogens with two attached hydrogens (primary N) is 1. The molecule has 3 fully saturated rings. The summed E-state index contributed by atoms with van der Waals surface area (Å²) >= 11 is 13.1. The molecule has 136 heavy (non-hydrogen) atoms.